The predicted octanol–water partition coefficient (Wildman–Crippen LogP) is 3.86. The third-order valence-electron chi connectivity index (χ3n) is 4.71. The zero-order valence-electron chi connectivity index (χ0n) is 15.0. The fraction of sp³-hybridized carbons (Fsp3) is 0.368. The van der Waals surface area contributed by atoms with Gasteiger partial charge in [0.25, 0.3) is 0 Å². The topological polar surface area (TPSA) is 66.8 Å². The highest BCUT2D eigenvalue weighted by atomic mass is 79.9. The summed E-state index contributed by atoms with van der Waals surface area (Å²) in [4.78, 5) is -0.0605. The number of hydrogen-bond acceptors (Lipinski definition) is 4. The van der Waals surface area contributed by atoms with Gasteiger partial charge in [0, 0.05) is 23.6 Å². The Morgan fingerprint density at radius 1 is 1.26 bits per heavy atom. The molecule has 1 aliphatic carbocycles. The van der Waals surface area contributed by atoms with Gasteiger partial charge in [0.15, 0.2) is 0 Å². The molecule has 2 aromatic carbocycles. The van der Waals surface area contributed by atoms with Gasteiger partial charge in [-0.15, -0.1) is 0 Å². The molecule has 8 heteroatoms. The predicted molar refractivity (Wildman–Crippen MR) is 103 cm³/mol. The molecule has 0 heterocycles. The maximum Gasteiger partial charge on any atom is 0.244 e. The van der Waals surface area contributed by atoms with Crippen LogP contribution in [0.25, 0.3) is 0 Å². The first-order chi connectivity index (χ1) is 12.8. The van der Waals surface area contributed by atoms with E-state index >= 15 is 0 Å². The number of hydrogen-bond donors (Lipinski definition) is 1. The fourth-order valence-corrected chi connectivity index (χ4v) is 5.31. The first-order valence-corrected chi connectivity index (χ1v) is 10.7. The van der Waals surface area contributed by atoms with Crippen LogP contribution in [0.3, 0.4) is 0 Å². The van der Waals surface area contributed by atoms with Crippen molar-refractivity contribution in [3.63, 3.8) is 0 Å². The average Bonchev–Trinajstić information content (AvgIpc) is 3.47. The van der Waals surface area contributed by atoms with Gasteiger partial charge >= 0.3 is 0 Å². The minimum Gasteiger partial charge on any atom is -0.497 e. The number of sulfonamides is 1. The van der Waals surface area contributed by atoms with Crippen LogP contribution in [0.5, 0.6) is 5.75 Å². The van der Waals surface area contributed by atoms with Gasteiger partial charge < -0.3 is 9.84 Å². The lowest BCUT2D eigenvalue weighted by Gasteiger charge is -2.21. The molecule has 0 aromatic heterocycles. The molecule has 0 aliphatic heterocycles. The Labute approximate surface area is 166 Å². The summed E-state index contributed by atoms with van der Waals surface area (Å²) in [5.74, 6) is 0.0491. The van der Waals surface area contributed by atoms with E-state index in [0.29, 0.717) is 5.75 Å². The molecule has 2 aromatic rings. The van der Waals surface area contributed by atoms with Crippen LogP contribution >= 0.6 is 15.9 Å². The quantitative estimate of drug-likeness (QED) is 0.685. The Balaban J connectivity index is 1.90. The highest BCUT2D eigenvalue weighted by molar-refractivity contribution is 9.10. The van der Waals surface area contributed by atoms with Gasteiger partial charge in [-0.3, -0.25) is 0 Å². The molecule has 0 amide bonds. The Bertz CT molecular complexity index is 929. The molecule has 27 heavy (non-hydrogen) atoms. The van der Waals surface area contributed by atoms with Crippen molar-refractivity contribution < 1.29 is 22.7 Å². The highest BCUT2D eigenvalue weighted by Crippen LogP contribution is 2.45. The SMILES string of the molecule is COc1ccc(CN(C)S(=O)(=O)c2ccc(F)c(C(O)C3CC3)c2Br)cc1. The molecule has 0 saturated heterocycles. The maximum atomic E-state index is 14.3. The van der Waals surface area contributed by atoms with E-state index in [0.717, 1.165) is 24.5 Å². The monoisotopic (exact) mass is 457 g/mol. The lowest BCUT2D eigenvalue weighted by atomic mass is 10.1. The van der Waals surface area contributed by atoms with Crippen molar-refractivity contribution >= 4 is 26.0 Å². The van der Waals surface area contributed by atoms with Gasteiger partial charge in [-0.05, 0) is 64.5 Å². The molecule has 0 radical (unpaired) electrons. The molecular weight excluding hydrogens is 437 g/mol. The van der Waals surface area contributed by atoms with Crippen LogP contribution in [0.2, 0.25) is 0 Å². The highest BCUT2D eigenvalue weighted by Gasteiger charge is 2.36. The van der Waals surface area contributed by atoms with Crippen molar-refractivity contribution in [2.24, 2.45) is 5.92 Å². The molecule has 1 saturated carbocycles. The normalized spacial score (nSPS) is 15.8. The van der Waals surface area contributed by atoms with Crippen molar-refractivity contribution in [1.29, 1.82) is 0 Å². The number of aliphatic hydroxyl groups is 1. The van der Waals surface area contributed by atoms with Crippen LogP contribution in [-0.2, 0) is 16.6 Å². The van der Waals surface area contributed by atoms with E-state index < -0.39 is 21.9 Å². The molecule has 0 spiro atoms. The van der Waals surface area contributed by atoms with E-state index in [-0.39, 0.29) is 27.4 Å². The number of methoxy groups -OCH3 is 1. The Morgan fingerprint density at radius 3 is 2.44 bits per heavy atom. The number of ether oxygens (including phenoxy) is 1. The van der Waals surface area contributed by atoms with Crippen LogP contribution in [0.4, 0.5) is 4.39 Å². The second-order valence-electron chi connectivity index (χ2n) is 6.66. The van der Waals surface area contributed by atoms with Crippen molar-refractivity contribution in [1.82, 2.24) is 4.31 Å². The summed E-state index contributed by atoms with van der Waals surface area (Å²) in [6, 6.07) is 9.41. The Kier molecular flexibility index (Phi) is 5.90. The summed E-state index contributed by atoms with van der Waals surface area (Å²) in [6.45, 7) is 0.149. The standard InChI is InChI=1S/C19H21BrFNO4S/c1-22(11-12-3-7-14(26-2)8-4-12)27(24,25)16-10-9-15(21)17(18(16)20)19(23)13-5-6-13/h3-4,7-10,13,19,23H,5-6,11H2,1-2H3. The van der Waals surface area contributed by atoms with Gasteiger partial charge in [-0.2, -0.15) is 4.31 Å². The number of aliphatic hydroxyl groups excluding tert-OH is 1. The van der Waals surface area contributed by atoms with E-state index in [1.54, 1.807) is 31.4 Å². The van der Waals surface area contributed by atoms with E-state index in [1.807, 2.05) is 0 Å². The molecule has 1 N–H and O–H groups in total. The lowest BCUT2D eigenvalue weighted by molar-refractivity contribution is 0.148. The fourth-order valence-electron chi connectivity index (χ4n) is 2.91. The maximum absolute atomic E-state index is 14.3. The number of benzene rings is 2. The molecule has 1 atom stereocenters. The summed E-state index contributed by atoms with van der Waals surface area (Å²) >= 11 is 3.21. The molecule has 0 bridgehead atoms. The van der Waals surface area contributed by atoms with Crippen molar-refractivity contribution in [3.05, 3.63) is 57.8 Å². The minimum absolute atomic E-state index is 0.0106. The molecule has 3 rings (SSSR count). The molecule has 1 fully saturated rings. The number of halogens is 2. The summed E-state index contributed by atoms with van der Waals surface area (Å²) in [6.07, 6.45) is 0.601. The van der Waals surface area contributed by atoms with Gasteiger partial charge in [0.2, 0.25) is 10.0 Å². The first kappa shape index (κ1) is 20.3. The van der Waals surface area contributed by atoms with E-state index in [4.69, 9.17) is 4.74 Å². The number of rotatable bonds is 7. The van der Waals surface area contributed by atoms with E-state index in [2.05, 4.69) is 15.9 Å². The van der Waals surface area contributed by atoms with Crippen molar-refractivity contribution in [2.75, 3.05) is 14.2 Å². The van der Waals surface area contributed by atoms with Crippen LogP contribution in [0.15, 0.2) is 45.8 Å². The molecule has 1 unspecified atom stereocenters. The van der Waals surface area contributed by atoms with Gasteiger partial charge in [0.05, 0.1) is 18.1 Å². The van der Waals surface area contributed by atoms with Gasteiger partial charge in [-0.25, -0.2) is 12.8 Å². The summed E-state index contributed by atoms with van der Waals surface area (Å²) in [7, 11) is -0.859. The molecular formula is C19H21BrFNO4S. The molecule has 146 valence electrons. The number of nitrogens with zero attached hydrogens (tertiary/aromatic N) is 1. The summed E-state index contributed by atoms with van der Waals surface area (Å²) < 4.78 is 46.7. The van der Waals surface area contributed by atoms with E-state index in [1.165, 1.54) is 17.4 Å². The third kappa shape index (κ3) is 4.18. The van der Waals surface area contributed by atoms with Crippen molar-refractivity contribution in [2.45, 2.75) is 30.4 Å². The van der Waals surface area contributed by atoms with Crippen LogP contribution in [-0.4, -0.2) is 32.0 Å². The summed E-state index contributed by atoms with van der Waals surface area (Å²) in [5, 5.41) is 10.3. The zero-order valence-corrected chi connectivity index (χ0v) is 17.4. The second kappa shape index (κ2) is 7.87. The van der Waals surface area contributed by atoms with Gasteiger partial charge in [-0.1, -0.05) is 12.1 Å². The smallest absolute Gasteiger partial charge is 0.244 e. The average molecular weight is 458 g/mol. The lowest BCUT2D eigenvalue weighted by Crippen LogP contribution is -2.27. The van der Waals surface area contributed by atoms with Crippen LogP contribution in [0.1, 0.15) is 30.1 Å². The molecule has 5 nitrogen and oxygen atoms in total. The van der Waals surface area contributed by atoms with Crippen molar-refractivity contribution in [3.8, 4) is 5.75 Å². The Morgan fingerprint density at radius 2 is 1.89 bits per heavy atom. The third-order valence-corrected chi connectivity index (χ3v) is 7.67. The van der Waals surface area contributed by atoms with Crippen LogP contribution in [0, 0.1) is 11.7 Å². The molecule has 1 aliphatic rings. The second-order valence-corrected chi connectivity index (χ2v) is 9.47. The van der Waals surface area contributed by atoms with E-state index in [9.17, 15) is 17.9 Å². The van der Waals surface area contributed by atoms with Gasteiger partial charge in [0.1, 0.15) is 11.6 Å². The summed E-state index contributed by atoms with van der Waals surface area (Å²) in [5.41, 5.74) is 0.801. The van der Waals surface area contributed by atoms with Crippen LogP contribution < -0.4 is 4.74 Å². The Hall–Kier alpha value is -1.48. The largest absolute Gasteiger partial charge is 0.497 e. The zero-order chi connectivity index (χ0) is 19.8. The minimum atomic E-state index is -3.88. The first-order valence-electron chi connectivity index (χ1n) is 8.51.